The van der Waals surface area contributed by atoms with E-state index in [9.17, 15) is 13.5 Å². The van der Waals surface area contributed by atoms with Gasteiger partial charge in [-0.05, 0) is 24.3 Å². The van der Waals surface area contributed by atoms with E-state index in [0.29, 0.717) is 0 Å². The summed E-state index contributed by atoms with van der Waals surface area (Å²) in [5, 5.41) is 10.9. The minimum absolute atomic E-state index is 0.0405. The standard InChI is InChI=1S/C15H19N3O3S/c1-18-9-14(16-11-18)22(20,21)17-10-15(19,13-7-8-13)12-5-3-2-4-6-12/h2-6,9,11,13,17,19H,7-8,10H2,1H3/t15-/m0/s1. The predicted octanol–water partition coefficient (Wildman–Crippen LogP) is 0.996. The van der Waals surface area contributed by atoms with Crippen molar-refractivity contribution < 1.29 is 13.5 Å². The van der Waals surface area contributed by atoms with E-state index in [1.165, 1.54) is 12.5 Å². The highest BCUT2D eigenvalue weighted by Gasteiger charge is 2.45. The third-order valence-corrected chi connectivity index (χ3v) is 5.30. The molecular weight excluding hydrogens is 302 g/mol. The van der Waals surface area contributed by atoms with E-state index >= 15 is 0 Å². The van der Waals surface area contributed by atoms with Gasteiger partial charge in [-0.1, -0.05) is 30.3 Å². The number of imidazole rings is 1. The van der Waals surface area contributed by atoms with Crippen molar-refractivity contribution in [1.82, 2.24) is 14.3 Å². The van der Waals surface area contributed by atoms with Crippen molar-refractivity contribution in [2.45, 2.75) is 23.5 Å². The zero-order chi connectivity index (χ0) is 15.8. The maximum absolute atomic E-state index is 12.3. The summed E-state index contributed by atoms with van der Waals surface area (Å²) in [4.78, 5) is 3.85. The summed E-state index contributed by atoms with van der Waals surface area (Å²) in [5.74, 6) is 0.0846. The van der Waals surface area contributed by atoms with Crippen LogP contribution in [0, 0.1) is 5.92 Å². The molecule has 1 heterocycles. The maximum Gasteiger partial charge on any atom is 0.259 e. The molecule has 3 rings (SSSR count). The first-order valence-corrected chi connectivity index (χ1v) is 8.66. The van der Waals surface area contributed by atoms with E-state index < -0.39 is 15.6 Å². The molecule has 0 amide bonds. The lowest BCUT2D eigenvalue weighted by Gasteiger charge is -2.29. The van der Waals surface area contributed by atoms with Gasteiger partial charge in [-0.3, -0.25) is 0 Å². The highest BCUT2D eigenvalue weighted by molar-refractivity contribution is 7.89. The second kappa shape index (κ2) is 5.49. The number of nitrogens with one attached hydrogen (secondary N) is 1. The molecule has 6 nitrogen and oxygen atoms in total. The minimum Gasteiger partial charge on any atom is -0.383 e. The Labute approximate surface area is 129 Å². The molecule has 2 aromatic rings. The maximum atomic E-state index is 12.3. The van der Waals surface area contributed by atoms with Crippen LogP contribution in [0.25, 0.3) is 0 Å². The van der Waals surface area contributed by atoms with Gasteiger partial charge in [0.25, 0.3) is 10.0 Å². The summed E-state index contributed by atoms with van der Waals surface area (Å²) in [6.07, 6.45) is 4.66. The number of aryl methyl sites for hydroxylation is 1. The van der Waals surface area contributed by atoms with Crippen LogP contribution < -0.4 is 4.72 Å². The average Bonchev–Trinajstić information content (AvgIpc) is 3.28. The van der Waals surface area contributed by atoms with Gasteiger partial charge in [-0.25, -0.2) is 18.1 Å². The molecule has 1 fully saturated rings. The Morgan fingerprint density at radius 3 is 2.59 bits per heavy atom. The molecule has 0 bridgehead atoms. The van der Waals surface area contributed by atoms with E-state index in [1.807, 2.05) is 30.3 Å². The Bertz CT molecular complexity index is 753. The molecule has 7 heteroatoms. The molecule has 1 atom stereocenters. The number of benzene rings is 1. The van der Waals surface area contributed by atoms with Gasteiger partial charge in [0.15, 0.2) is 5.03 Å². The SMILES string of the molecule is Cn1cnc(S(=O)(=O)NC[C@](O)(c2ccccc2)C2CC2)c1. The monoisotopic (exact) mass is 321 g/mol. The van der Waals surface area contributed by atoms with Crippen molar-refractivity contribution in [3.05, 3.63) is 48.4 Å². The van der Waals surface area contributed by atoms with Crippen molar-refractivity contribution in [3.8, 4) is 0 Å². The lowest BCUT2D eigenvalue weighted by molar-refractivity contribution is 0.0185. The van der Waals surface area contributed by atoms with Gasteiger partial charge in [-0.15, -0.1) is 0 Å². The lowest BCUT2D eigenvalue weighted by atomic mass is 9.89. The van der Waals surface area contributed by atoms with Crippen LogP contribution in [0.1, 0.15) is 18.4 Å². The number of rotatable bonds is 6. The number of hydrogen-bond donors (Lipinski definition) is 2. The van der Waals surface area contributed by atoms with Gasteiger partial charge >= 0.3 is 0 Å². The minimum atomic E-state index is -3.73. The molecule has 2 N–H and O–H groups in total. The van der Waals surface area contributed by atoms with Gasteiger partial charge in [0, 0.05) is 19.8 Å². The van der Waals surface area contributed by atoms with Gasteiger partial charge < -0.3 is 9.67 Å². The van der Waals surface area contributed by atoms with Crippen LogP contribution in [0.4, 0.5) is 0 Å². The van der Waals surface area contributed by atoms with Gasteiger partial charge in [0.05, 0.1) is 6.33 Å². The number of aliphatic hydroxyl groups is 1. The summed E-state index contributed by atoms with van der Waals surface area (Å²) >= 11 is 0. The second-order valence-electron chi connectivity index (χ2n) is 5.77. The Kier molecular flexibility index (Phi) is 3.80. The highest BCUT2D eigenvalue weighted by atomic mass is 32.2. The normalized spacial score (nSPS) is 18.1. The number of hydrogen-bond acceptors (Lipinski definition) is 4. The smallest absolute Gasteiger partial charge is 0.259 e. The molecule has 1 aromatic carbocycles. The topological polar surface area (TPSA) is 84.2 Å². The summed E-state index contributed by atoms with van der Waals surface area (Å²) in [6, 6.07) is 9.21. The predicted molar refractivity (Wildman–Crippen MR) is 81.5 cm³/mol. The van der Waals surface area contributed by atoms with Crippen molar-refractivity contribution >= 4 is 10.0 Å². The van der Waals surface area contributed by atoms with Gasteiger partial charge in [-0.2, -0.15) is 0 Å². The van der Waals surface area contributed by atoms with Crippen LogP contribution in [-0.2, 0) is 22.7 Å². The molecule has 1 aliphatic carbocycles. The van der Waals surface area contributed by atoms with Crippen molar-refractivity contribution in [2.75, 3.05) is 6.54 Å². The summed E-state index contributed by atoms with van der Waals surface area (Å²) < 4.78 is 28.6. The Morgan fingerprint density at radius 1 is 1.36 bits per heavy atom. The second-order valence-corrected chi connectivity index (χ2v) is 7.48. The quantitative estimate of drug-likeness (QED) is 0.831. The fourth-order valence-corrected chi connectivity index (χ4v) is 3.63. The number of aromatic nitrogens is 2. The molecule has 0 radical (unpaired) electrons. The zero-order valence-electron chi connectivity index (χ0n) is 12.3. The molecule has 0 aliphatic heterocycles. The van der Waals surface area contributed by atoms with Gasteiger partial charge in [0.2, 0.25) is 0 Å². The van der Waals surface area contributed by atoms with E-state index in [4.69, 9.17) is 0 Å². The van der Waals surface area contributed by atoms with E-state index in [-0.39, 0.29) is 17.5 Å². The van der Waals surface area contributed by atoms with Crippen LogP contribution in [0.5, 0.6) is 0 Å². The average molecular weight is 321 g/mol. The Morgan fingerprint density at radius 2 is 2.05 bits per heavy atom. The molecule has 0 spiro atoms. The summed E-state index contributed by atoms with van der Waals surface area (Å²) in [7, 11) is -2.02. The van der Waals surface area contributed by atoms with E-state index in [2.05, 4.69) is 9.71 Å². The summed E-state index contributed by atoms with van der Waals surface area (Å²) in [5.41, 5.74) is -0.440. The summed E-state index contributed by atoms with van der Waals surface area (Å²) in [6.45, 7) is -0.0550. The first-order chi connectivity index (χ1) is 10.4. The zero-order valence-corrected chi connectivity index (χ0v) is 13.1. The number of sulfonamides is 1. The van der Waals surface area contributed by atoms with Crippen LogP contribution >= 0.6 is 0 Å². The fraction of sp³-hybridized carbons (Fsp3) is 0.400. The molecule has 0 unspecified atom stereocenters. The molecule has 1 saturated carbocycles. The number of nitrogens with zero attached hydrogens (tertiary/aromatic N) is 2. The Hall–Kier alpha value is -1.70. The van der Waals surface area contributed by atoms with Crippen LogP contribution in [0.3, 0.4) is 0 Å². The van der Waals surface area contributed by atoms with E-state index in [1.54, 1.807) is 11.6 Å². The fourth-order valence-electron chi connectivity index (χ4n) is 2.58. The molecule has 0 saturated heterocycles. The van der Waals surface area contributed by atoms with Crippen molar-refractivity contribution in [3.63, 3.8) is 0 Å². The first-order valence-electron chi connectivity index (χ1n) is 7.17. The Balaban J connectivity index is 1.81. The van der Waals surface area contributed by atoms with Crippen molar-refractivity contribution in [1.29, 1.82) is 0 Å². The third kappa shape index (κ3) is 2.92. The van der Waals surface area contributed by atoms with E-state index in [0.717, 1.165) is 18.4 Å². The largest absolute Gasteiger partial charge is 0.383 e. The lowest BCUT2D eigenvalue weighted by Crippen LogP contribution is -2.42. The molecule has 1 aliphatic rings. The van der Waals surface area contributed by atoms with Crippen LogP contribution in [0.2, 0.25) is 0 Å². The molecule has 1 aromatic heterocycles. The third-order valence-electron chi connectivity index (χ3n) is 4.01. The van der Waals surface area contributed by atoms with Crippen molar-refractivity contribution in [2.24, 2.45) is 13.0 Å². The molecule has 22 heavy (non-hydrogen) atoms. The highest BCUT2D eigenvalue weighted by Crippen LogP contribution is 2.45. The van der Waals surface area contributed by atoms with Crippen LogP contribution in [-0.4, -0.2) is 29.6 Å². The molecular formula is C15H19N3O3S. The van der Waals surface area contributed by atoms with Crippen LogP contribution in [0.15, 0.2) is 47.9 Å². The first kappa shape index (κ1) is 15.2. The van der Waals surface area contributed by atoms with Gasteiger partial charge in [0.1, 0.15) is 5.60 Å². The molecule has 118 valence electrons.